The van der Waals surface area contributed by atoms with Gasteiger partial charge in [0.1, 0.15) is 0 Å². The Morgan fingerprint density at radius 3 is 2.76 bits per heavy atom. The summed E-state index contributed by atoms with van der Waals surface area (Å²) in [5, 5.41) is 4.40. The Hall–Kier alpha value is -0.180. The first-order chi connectivity index (χ1) is 8.15. The molecule has 0 aliphatic heterocycles. The summed E-state index contributed by atoms with van der Waals surface area (Å²) in [4.78, 5) is 1.20. The topological polar surface area (TPSA) is 12.0 Å². The second kappa shape index (κ2) is 6.12. The minimum absolute atomic E-state index is 0.701. The van der Waals surface area contributed by atoms with Crippen LogP contribution in [-0.4, -0.2) is 11.8 Å². The molecule has 3 heteroatoms. The van der Waals surface area contributed by atoms with Crippen molar-refractivity contribution in [1.29, 1.82) is 0 Å². The predicted molar refractivity (Wildman–Crippen MR) is 76.9 cm³/mol. The SMILES string of the molecule is CC(C)CSc1ccc(CNC2CC2)cc1Cl. The lowest BCUT2D eigenvalue weighted by molar-refractivity contribution is 0.687. The highest BCUT2D eigenvalue weighted by atomic mass is 35.5. The van der Waals surface area contributed by atoms with Crippen molar-refractivity contribution < 1.29 is 0 Å². The Kier molecular flexibility index (Phi) is 4.78. The van der Waals surface area contributed by atoms with E-state index in [4.69, 9.17) is 11.6 Å². The molecule has 0 aromatic heterocycles. The van der Waals surface area contributed by atoms with Gasteiger partial charge < -0.3 is 5.32 Å². The number of halogens is 1. The fraction of sp³-hybridized carbons (Fsp3) is 0.571. The number of thioether (sulfide) groups is 1. The molecule has 1 aliphatic carbocycles. The summed E-state index contributed by atoms with van der Waals surface area (Å²) in [6.07, 6.45) is 2.66. The third-order valence-electron chi connectivity index (χ3n) is 2.74. The van der Waals surface area contributed by atoms with Gasteiger partial charge in [-0.3, -0.25) is 0 Å². The molecule has 1 aliphatic rings. The summed E-state index contributed by atoms with van der Waals surface area (Å²) >= 11 is 8.14. The average molecular weight is 270 g/mol. The molecular formula is C14H20ClNS. The smallest absolute Gasteiger partial charge is 0.0545 e. The quantitative estimate of drug-likeness (QED) is 0.771. The number of nitrogens with one attached hydrogen (secondary N) is 1. The summed E-state index contributed by atoms with van der Waals surface area (Å²) in [5.74, 6) is 1.83. The van der Waals surface area contributed by atoms with Crippen LogP contribution in [0.1, 0.15) is 32.3 Å². The van der Waals surface area contributed by atoms with Crippen LogP contribution in [0.3, 0.4) is 0 Å². The molecule has 1 nitrogen and oxygen atoms in total. The molecule has 1 saturated carbocycles. The van der Waals surface area contributed by atoms with Gasteiger partial charge in [0.15, 0.2) is 0 Å². The minimum atomic E-state index is 0.701. The highest BCUT2D eigenvalue weighted by Crippen LogP contribution is 2.29. The number of benzene rings is 1. The molecule has 1 fully saturated rings. The summed E-state index contributed by atoms with van der Waals surface area (Å²) in [5.41, 5.74) is 1.29. The molecule has 1 N–H and O–H groups in total. The van der Waals surface area contributed by atoms with Crippen molar-refractivity contribution in [2.75, 3.05) is 5.75 Å². The Labute approximate surface area is 113 Å². The molecule has 2 rings (SSSR count). The molecule has 0 heterocycles. The Balaban J connectivity index is 1.90. The molecule has 1 aromatic rings. The number of rotatable bonds is 6. The van der Waals surface area contributed by atoms with Crippen LogP contribution in [0, 0.1) is 5.92 Å². The molecule has 0 radical (unpaired) electrons. The van der Waals surface area contributed by atoms with Crippen LogP contribution in [-0.2, 0) is 6.54 Å². The van der Waals surface area contributed by atoms with Crippen molar-refractivity contribution in [3.05, 3.63) is 28.8 Å². The van der Waals surface area contributed by atoms with E-state index in [1.807, 2.05) is 11.8 Å². The van der Waals surface area contributed by atoms with Gasteiger partial charge in [-0.1, -0.05) is 31.5 Å². The zero-order valence-electron chi connectivity index (χ0n) is 10.5. The highest BCUT2D eigenvalue weighted by Gasteiger charge is 2.19. The van der Waals surface area contributed by atoms with Gasteiger partial charge in [-0.15, -0.1) is 11.8 Å². The van der Waals surface area contributed by atoms with E-state index in [0.717, 1.165) is 23.4 Å². The first-order valence-electron chi connectivity index (χ1n) is 6.30. The summed E-state index contributed by atoms with van der Waals surface area (Å²) < 4.78 is 0. The minimum Gasteiger partial charge on any atom is -0.310 e. The normalized spacial score (nSPS) is 15.5. The van der Waals surface area contributed by atoms with Gasteiger partial charge in [-0.25, -0.2) is 0 Å². The van der Waals surface area contributed by atoms with E-state index in [-0.39, 0.29) is 0 Å². The summed E-state index contributed by atoms with van der Waals surface area (Å²) in [6.45, 7) is 5.41. The molecule has 17 heavy (non-hydrogen) atoms. The van der Waals surface area contributed by atoms with Crippen molar-refractivity contribution in [3.8, 4) is 0 Å². The lowest BCUT2D eigenvalue weighted by Gasteiger charge is -2.09. The van der Waals surface area contributed by atoms with E-state index < -0.39 is 0 Å². The fourth-order valence-corrected chi connectivity index (χ4v) is 2.82. The van der Waals surface area contributed by atoms with Crippen LogP contribution in [0.15, 0.2) is 23.1 Å². The third kappa shape index (κ3) is 4.53. The molecular weight excluding hydrogens is 250 g/mol. The van der Waals surface area contributed by atoms with Crippen LogP contribution < -0.4 is 5.32 Å². The maximum Gasteiger partial charge on any atom is 0.0545 e. The third-order valence-corrected chi connectivity index (χ3v) is 4.67. The number of hydrogen-bond acceptors (Lipinski definition) is 2. The number of hydrogen-bond donors (Lipinski definition) is 1. The summed E-state index contributed by atoms with van der Waals surface area (Å²) in [6, 6.07) is 7.19. The maximum absolute atomic E-state index is 6.30. The molecule has 0 spiro atoms. The van der Waals surface area contributed by atoms with E-state index in [9.17, 15) is 0 Å². The van der Waals surface area contributed by atoms with Gasteiger partial charge in [0.25, 0.3) is 0 Å². The first kappa shape index (κ1) is 13.3. The molecule has 0 amide bonds. The van der Waals surface area contributed by atoms with Crippen LogP contribution in [0.4, 0.5) is 0 Å². The van der Waals surface area contributed by atoms with E-state index in [0.29, 0.717) is 5.92 Å². The van der Waals surface area contributed by atoms with E-state index in [1.54, 1.807) is 0 Å². The van der Waals surface area contributed by atoms with Gasteiger partial charge in [0.2, 0.25) is 0 Å². The largest absolute Gasteiger partial charge is 0.310 e. The Morgan fingerprint density at radius 1 is 1.41 bits per heavy atom. The first-order valence-corrected chi connectivity index (χ1v) is 7.66. The fourth-order valence-electron chi connectivity index (χ4n) is 1.58. The molecule has 1 aromatic carbocycles. The van der Waals surface area contributed by atoms with Crippen molar-refractivity contribution in [2.45, 2.75) is 44.2 Å². The van der Waals surface area contributed by atoms with Crippen LogP contribution in [0.25, 0.3) is 0 Å². The molecule has 0 unspecified atom stereocenters. The lowest BCUT2D eigenvalue weighted by atomic mass is 10.2. The van der Waals surface area contributed by atoms with Crippen molar-refractivity contribution in [1.82, 2.24) is 5.32 Å². The predicted octanol–water partition coefficient (Wildman–Crippen LogP) is 4.34. The van der Waals surface area contributed by atoms with E-state index >= 15 is 0 Å². The average Bonchev–Trinajstić information content (AvgIpc) is 3.08. The standard InChI is InChI=1S/C14H20ClNS/c1-10(2)9-17-14-6-3-11(7-13(14)15)8-16-12-4-5-12/h3,6-7,10,12,16H,4-5,8-9H2,1-2H3. The molecule has 0 bridgehead atoms. The van der Waals surface area contributed by atoms with Crippen LogP contribution >= 0.6 is 23.4 Å². The lowest BCUT2D eigenvalue weighted by Crippen LogP contribution is -2.15. The van der Waals surface area contributed by atoms with E-state index in [2.05, 4.69) is 37.4 Å². The Morgan fingerprint density at radius 2 is 2.18 bits per heavy atom. The maximum atomic E-state index is 6.30. The van der Waals surface area contributed by atoms with E-state index in [1.165, 1.54) is 23.3 Å². The second-order valence-corrected chi connectivity index (χ2v) is 6.59. The van der Waals surface area contributed by atoms with Gasteiger partial charge in [0.05, 0.1) is 5.02 Å². The van der Waals surface area contributed by atoms with Crippen molar-refractivity contribution >= 4 is 23.4 Å². The van der Waals surface area contributed by atoms with Crippen LogP contribution in [0.5, 0.6) is 0 Å². The molecule has 94 valence electrons. The van der Waals surface area contributed by atoms with Gasteiger partial charge in [-0.05, 0) is 36.5 Å². The van der Waals surface area contributed by atoms with Gasteiger partial charge in [-0.2, -0.15) is 0 Å². The summed E-state index contributed by atoms with van der Waals surface area (Å²) in [7, 11) is 0. The van der Waals surface area contributed by atoms with Gasteiger partial charge in [0, 0.05) is 23.2 Å². The zero-order chi connectivity index (χ0) is 12.3. The van der Waals surface area contributed by atoms with Crippen molar-refractivity contribution in [2.24, 2.45) is 5.92 Å². The highest BCUT2D eigenvalue weighted by molar-refractivity contribution is 7.99. The second-order valence-electron chi connectivity index (χ2n) is 5.12. The zero-order valence-corrected chi connectivity index (χ0v) is 12.1. The van der Waals surface area contributed by atoms with Crippen molar-refractivity contribution in [3.63, 3.8) is 0 Å². The Bertz CT molecular complexity index is 374. The monoisotopic (exact) mass is 269 g/mol. The van der Waals surface area contributed by atoms with Gasteiger partial charge >= 0.3 is 0 Å². The van der Waals surface area contributed by atoms with Crippen LogP contribution in [0.2, 0.25) is 5.02 Å². The molecule has 0 atom stereocenters. The molecule has 0 saturated heterocycles.